The quantitative estimate of drug-likeness (QED) is 0.854. The Morgan fingerprint density at radius 3 is 2.65 bits per heavy atom. The van der Waals surface area contributed by atoms with Crippen LogP contribution in [0.25, 0.3) is 5.82 Å². The molecule has 2 aromatic rings. The average molecular weight is 312 g/mol. The van der Waals surface area contributed by atoms with Gasteiger partial charge in [0, 0.05) is 6.20 Å². The Hall–Kier alpha value is -1.34. The summed E-state index contributed by atoms with van der Waals surface area (Å²) < 4.78 is 2.45. The monoisotopic (exact) mass is 311 g/mol. The van der Waals surface area contributed by atoms with Crippen molar-refractivity contribution in [2.24, 2.45) is 5.73 Å². The van der Waals surface area contributed by atoms with Crippen LogP contribution in [0.3, 0.4) is 0 Å². The second-order valence-electron chi connectivity index (χ2n) is 3.58. The van der Waals surface area contributed by atoms with E-state index in [0.29, 0.717) is 16.4 Å². The number of nitrogens with two attached hydrogens (primary N) is 1. The minimum atomic E-state index is 0.294. The highest BCUT2D eigenvalue weighted by Crippen LogP contribution is 2.18. The number of rotatable bonds is 2. The maximum atomic E-state index is 5.74. The summed E-state index contributed by atoms with van der Waals surface area (Å²) in [5.74, 6) is 0.548. The Morgan fingerprint density at radius 2 is 2.12 bits per heavy atom. The molecule has 2 aromatic heterocycles. The van der Waals surface area contributed by atoms with Gasteiger partial charge in [-0.25, -0.2) is 4.68 Å². The van der Waals surface area contributed by atoms with Crippen molar-refractivity contribution in [2.75, 3.05) is 0 Å². The topological polar surface area (TPSA) is 69.6 Å². The van der Waals surface area contributed by atoms with Gasteiger partial charge < -0.3 is 5.73 Å². The third-order valence-corrected chi connectivity index (χ3v) is 3.06. The predicted octanol–water partition coefficient (Wildman–Crippen LogP) is 1.68. The molecule has 0 aromatic carbocycles. The van der Waals surface area contributed by atoms with Crippen molar-refractivity contribution in [3.8, 4) is 5.82 Å². The maximum absolute atomic E-state index is 5.74. The third kappa shape index (κ3) is 2.20. The van der Waals surface area contributed by atoms with E-state index in [1.807, 2.05) is 13.8 Å². The standard InChI is InChI=1S/C10H10BrN5S/c1-5-6(2)14-15-10(8(5)9(12)17)16-4-7(11)3-13-16/h3-4H,1-2H3,(H2,12,17). The summed E-state index contributed by atoms with van der Waals surface area (Å²) in [7, 11) is 0. The normalized spacial score (nSPS) is 10.5. The zero-order valence-electron chi connectivity index (χ0n) is 9.31. The maximum Gasteiger partial charge on any atom is 0.186 e. The fraction of sp³-hybridized carbons (Fsp3) is 0.200. The molecule has 2 rings (SSSR count). The van der Waals surface area contributed by atoms with E-state index < -0.39 is 0 Å². The lowest BCUT2D eigenvalue weighted by Crippen LogP contribution is -2.18. The zero-order chi connectivity index (χ0) is 12.6. The lowest BCUT2D eigenvalue weighted by Gasteiger charge is -2.10. The second kappa shape index (κ2) is 4.50. The van der Waals surface area contributed by atoms with Crippen LogP contribution in [0.1, 0.15) is 16.8 Å². The van der Waals surface area contributed by atoms with E-state index in [1.54, 1.807) is 17.1 Å². The highest BCUT2D eigenvalue weighted by atomic mass is 79.9. The van der Waals surface area contributed by atoms with Gasteiger partial charge in [-0.1, -0.05) is 12.2 Å². The first-order chi connectivity index (χ1) is 8.00. The Labute approximate surface area is 112 Å². The van der Waals surface area contributed by atoms with Crippen LogP contribution in [0.2, 0.25) is 0 Å². The van der Waals surface area contributed by atoms with E-state index in [2.05, 4.69) is 31.2 Å². The fourth-order valence-electron chi connectivity index (χ4n) is 1.47. The molecular formula is C10H10BrN5S. The van der Waals surface area contributed by atoms with Gasteiger partial charge in [0.1, 0.15) is 4.99 Å². The Bertz CT molecular complexity index is 592. The molecule has 2 N–H and O–H groups in total. The number of nitrogens with zero attached hydrogens (tertiary/aromatic N) is 4. The summed E-state index contributed by atoms with van der Waals surface area (Å²) in [6, 6.07) is 0. The molecule has 0 aliphatic rings. The van der Waals surface area contributed by atoms with E-state index in [9.17, 15) is 0 Å². The van der Waals surface area contributed by atoms with Gasteiger partial charge in [0.05, 0.1) is 21.9 Å². The summed E-state index contributed by atoms with van der Waals surface area (Å²) in [5, 5.41) is 12.3. The molecule has 17 heavy (non-hydrogen) atoms. The van der Waals surface area contributed by atoms with Gasteiger partial charge in [0.15, 0.2) is 5.82 Å². The van der Waals surface area contributed by atoms with Gasteiger partial charge in [-0.15, -0.1) is 5.10 Å². The van der Waals surface area contributed by atoms with Gasteiger partial charge in [0.25, 0.3) is 0 Å². The van der Waals surface area contributed by atoms with E-state index in [1.165, 1.54) is 0 Å². The van der Waals surface area contributed by atoms with Crippen LogP contribution in [-0.2, 0) is 0 Å². The average Bonchev–Trinajstić information content (AvgIpc) is 2.68. The van der Waals surface area contributed by atoms with E-state index >= 15 is 0 Å². The summed E-state index contributed by atoms with van der Waals surface area (Å²) >= 11 is 8.39. The van der Waals surface area contributed by atoms with Crippen LogP contribution in [0.15, 0.2) is 16.9 Å². The molecule has 7 heteroatoms. The molecule has 5 nitrogen and oxygen atoms in total. The lowest BCUT2D eigenvalue weighted by atomic mass is 10.1. The minimum absolute atomic E-state index is 0.294. The molecule has 0 atom stereocenters. The first-order valence-electron chi connectivity index (χ1n) is 4.85. The molecule has 0 fully saturated rings. The van der Waals surface area contributed by atoms with Gasteiger partial charge in [0.2, 0.25) is 0 Å². The van der Waals surface area contributed by atoms with Crippen molar-refractivity contribution >= 4 is 33.1 Å². The third-order valence-electron chi connectivity index (χ3n) is 2.45. The van der Waals surface area contributed by atoms with E-state index in [-0.39, 0.29) is 0 Å². The molecule has 0 aliphatic heterocycles. The van der Waals surface area contributed by atoms with Gasteiger partial charge in [-0.3, -0.25) is 0 Å². The van der Waals surface area contributed by atoms with Crippen LogP contribution >= 0.6 is 28.1 Å². The second-order valence-corrected chi connectivity index (χ2v) is 4.93. The summed E-state index contributed by atoms with van der Waals surface area (Å²) in [5.41, 5.74) is 8.18. The number of thiocarbonyl (C=S) groups is 1. The van der Waals surface area contributed by atoms with Crippen molar-refractivity contribution < 1.29 is 0 Å². The molecular weight excluding hydrogens is 302 g/mol. The molecule has 0 amide bonds. The fourth-order valence-corrected chi connectivity index (χ4v) is 2.00. The van der Waals surface area contributed by atoms with Crippen LogP contribution in [0.4, 0.5) is 0 Å². The molecule has 0 saturated carbocycles. The van der Waals surface area contributed by atoms with Crippen molar-refractivity contribution in [2.45, 2.75) is 13.8 Å². The van der Waals surface area contributed by atoms with Crippen LogP contribution < -0.4 is 5.73 Å². The highest BCUT2D eigenvalue weighted by Gasteiger charge is 2.15. The minimum Gasteiger partial charge on any atom is -0.389 e. The molecule has 0 spiro atoms. The Balaban J connectivity index is 2.70. The predicted molar refractivity (Wildman–Crippen MR) is 72.2 cm³/mol. The molecule has 0 saturated heterocycles. The van der Waals surface area contributed by atoms with Crippen molar-refractivity contribution in [1.29, 1.82) is 0 Å². The summed E-state index contributed by atoms with van der Waals surface area (Å²) in [6.07, 6.45) is 3.45. The summed E-state index contributed by atoms with van der Waals surface area (Å²) in [6.45, 7) is 3.79. The molecule has 88 valence electrons. The molecule has 0 aliphatic carbocycles. The lowest BCUT2D eigenvalue weighted by molar-refractivity contribution is 0.798. The van der Waals surface area contributed by atoms with E-state index in [0.717, 1.165) is 15.7 Å². The van der Waals surface area contributed by atoms with Gasteiger partial charge in [-0.05, 0) is 35.3 Å². The van der Waals surface area contributed by atoms with Crippen LogP contribution in [0.5, 0.6) is 0 Å². The molecule has 0 unspecified atom stereocenters. The van der Waals surface area contributed by atoms with Gasteiger partial charge in [-0.2, -0.15) is 10.2 Å². The van der Waals surface area contributed by atoms with Gasteiger partial charge >= 0.3 is 0 Å². The Kier molecular flexibility index (Phi) is 3.21. The largest absolute Gasteiger partial charge is 0.389 e. The van der Waals surface area contributed by atoms with Crippen molar-refractivity contribution in [1.82, 2.24) is 20.0 Å². The number of hydrogen-bond acceptors (Lipinski definition) is 4. The molecule has 0 radical (unpaired) electrons. The smallest absolute Gasteiger partial charge is 0.186 e. The van der Waals surface area contributed by atoms with E-state index in [4.69, 9.17) is 18.0 Å². The SMILES string of the molecule is Cc1nnc(-n2cc(Br)cn2)c(C(N)=S)c1C. The number of aromatic nitrogens is 4. The molecule has 2 heterocycles. The number of hydrogen-bond donors (Lipinski definition) is 1. The first-order valence-corrected chi connectivity index (χ1v) is 6.05. The first kappa shape index (κ1) is 12.1. The zero-order valence-corrected chi connectivity index (χ0v) is 11.7. The number of aryl methyl sites for hydroxylation is 1. The van der Waals surface area contributed by atoms with Crippen LogP contribution in [0, 0.1) is 13.8 Å². The van der Waals surface area contributed by atoms with Crippen LogP contribution in [-0.4, -0.2) is 25.0 Å². The number of halogens is 1. The molecule has 0 bridgehead atoms. The van der Waals surface area contributed by atoms with Crippen molar-refractivity contribution in [3.05, 3.63) is 33.7 Å². The highest BCUT2D eigenvalue weighted by molar-refractivity contribution is 9.10. The van der Waals surface area contributed by atoms with Crippen molar-refractivity contribution in [3.63, 3.8) is 0 Å². The summed E-state index contributed by atoms with van der Waals surface area (Å²) in [4.78, 5) is 0.294. The Morgan fingerprint density at radius 1 is 1.41 bits per heavy atom.